The number of imidazole rings is 1. The van der Waals surface area contributed by atoms with E-state index in [-0.39, 0.29) is 23.2 Å². The largest absolute Gasteiger partial charge is 0.474 e. The molecule has 3 rings (SSSR count). The zero-order valence-corrected chi connectivity index (χ0v) is 12.9. The summed E-state index contributed by atoms with van der Waals surface area (Å²) >= 11 is 11.5. The molecule has 0 saturated carbocycles. The minimum absolute atomic E-state index is 0.122. The molecule has 3 heterocycles. The van der Waals surface area contributed by atoms with Gasteiger partial charge in [0.05, 0.1) is 12.1 Å². The van der Waals surface area contributed by atoms with Crippen molar-refractivity contribution in [2.45, 2.75) is 6.54 Å². The number of rotatable bonds is 4. The standard InChI is InChI=1S/C15H11Cl2N3O2/c16-7-11(21)14-15(22)19-6-2-1-3-13(19)20(14)9-10-4-5-12(17)18-8-10/h1-6,8H,7,9H2/p+1. The normalized spacial score (nSPS) is 11.0. The van der Waals surface area contributed by atoms with E-state index in [1.165, 1.54) is 0 Å². The van der Waals surface area contributed by atoms with Crippen LogP contribution in [0.4, 0.5) is 0 Å². The van der Waals surface area contributed by atoms with Gasteiger partial charge in [0.2, 0.25) is 5.78 Å². The van der Waals surface area contributed by atoms with Gasteiger partial charge in [-0.25, -0.2) is 9.55 Å². The van der Waals surface area contributed by atoms with E-state index in [1.807, 2.05) is 18.2 Å². The summed E-state index contributed by atoms with van der Waals surface area (Å²) in [5.74, 6) is -0.670. The van der Waals surface area contributed by atoms with Gasteiger partial charge in [0.15, 0.2) is 0 Å². The van der Waals surface area contributed by atoms with Gasteiger partial charge in [-0.05, 0) is 12.1 Å². The second-order valence-electron chi connectivity index (χ2n) is 4.73. The van der Waals surface area contributed by atoms with Crippen LogP contribution >= 0.6 is 23.2 Å². The van der Waals surface area contributed by atoms with Crippen molar-refractivity contribution in [2.24, 2.45) is 0 Å². The summed E-state index contributed by atoms with van der Waals surface area (Å²) in [6, 6.07) is 8.92. The predicted molar refractivity (Wildman–Crippen MR) is 82.7 cm³/mol. The quantitative estimate of drug-likeness (QED) is 0.344. The molecule has 112 valence electrons. The molecule has 1 N–H and O–H groups in total. The summed E-state index contributed by atoms with van der Waals surface area (Å²) in [5, 5.41) is 10.7. The number of hydrogen-bond donors (Lipinski definition) is 1. The van der Waals surface area contributed by atoms with E-state index in [0.717, 1.165) is 5.56 Å². The molecule has 0 fully saturated rings. The average molecular weight is 337 g/mol. The number of hydrogen-bond acceptors (Lipinski definition) is 3. The minimum Gasteiger partial charge on any atom is -0.474 e. The molecule has 0 aromatic carbocycles. The first-order valence-electron chi connectivity index (χ1n) is 6.53. The van der Waals surface area contributed by atoms with Gasteiger partial charge in [-0.1, -0.05) is 23.7 Å². The van der Waals surface area contributed by atoms with Crippen molar-refractivity contribution in [3.8, 4) is 5.88 Å². The maximum absolute atomic E-state index is 12.1. The highest BCUT2D eigenvalue weighted by atomic mass is 35.5. The molecule has 0 bridgehead atoms. The molecule has 22 heavy (non-hydrogen) atoms. The maximum Gasteiger partial charge on any atom is 0.339 e. The fourth-order valence-corrected chi connectivity index (χ4v) is 2.60. The van der Waals surface area contributed by atoms with E-state index >= 15 is 0 Å². The number of pyridine rings is 2. The van der Waals surface area contributed by atoms with Crippen molar-refractivity contribution in [2.75, 3.05) is 5.88 Å². The number of Topliss-reactive ketones (excluding diaryl/α,β-unsaturated/α-hetero) is 1. The monoisotopic (exact) mass is 336 g/mol. The van der Waals surface area contributed by atoms with E-state index in [9.17, 15) is 9.90 Å². The van der Waals surface area contributed by atoms with Crippen molar-refractivity contribution in [3.63, 3.8) is 0 Å². The number of nitrogens with zero attached hydrogens (tertiary/aromatic N) is 3. The summed E-state index contributed by atoms with van der Waals surface area (Å²) in [4.78, 5) is 16.1. The Balaban J connectivity index is 2.18. The number of alkyl halides is 1. The molecule has 3 aromatic heterocycles. The number of halogens is 2. The van der Waals surface area contributed by atoms with Gasteiger partial charge in [0.25, 0.3) is 11.3 Å². The molecule has 0 atom stereocenters. The first-order chi connectivity index (χ1) is 10.6. The smallest absolute Gasteiger partial charge is 0.339 e. The molecule has 0 aliphatic rings. The summed E-state index contributed by atoms with van der Waals surface area (Å²) in [6.45, 7) is 0.371. The number of aromatic hydroxyl groups is 1. The molecule has 0 aliphatic heterocycles. The van der Waals surface area contributed by atoms with Gasteiger partial charge in [0, 0.05) is 17.8 Å². The third kappa shape index (κ3) is 2.53. The van der Waals surface area contributed by atoms with Crippen molar-refractivity contribution < 1.29 is 14.3 Å². The summed E-state index contributed by atoms with van der Waals surface area (Å²) in [6.07, 6.45) is 3.32. The van der Waals surface area contributed by atoms with Crippen molar-refractivity contribution in [3.05, 3.63) is 59.1 Å². The number of ketones is 1. The van der Waals surface area contributed by atoms with Crippen LogP contribution < -0.4 is 4.40 Å². The lowest BCUT2D eigenvalue weighted by molar-refractivity contribution is -0.521. The Hall–Kier alpha value is -2.11. The molecule has 0 amide bonds. The van der Waals surface area contributed by atoms with Crippen LogP contribution in [0.2, 0.25) is 5.15 Å². The van der Waals surface area contributed by atoms with Gasteiger partial charge in [-0.15, -0.1) is 11.6 Å². The van der Waals surface area contributed by atoms with Crippen LogP contribution in [0, 0.1) is 0 Å². The van der Waals surface area contributed by atoms with Gasteiger partial charge in [0.1, 0.15) is 11.7 Å². The zero-order chi connectivity index (χ0) is 15.7. The zero-order valence-electron chi connectivity index (χ0n) is 11.4. The van der Waals surface area contributed by atoms with Crippen LogP contribution in [0.1, 0.15) is 16.1 Å². The van der Waals surface area contributed by atoms with E-state index < -0.39 is 0 Å². The molecule has 0 aliphatic carbocycles. The Morgan fingerprint density at radius 1 is 1.32 bits per heavy atom. The third-order valence-corrected chi connectivity index (χ3v) is 3.81. The average Bonchev–Trinajstić information content (AvgIpc) is 2.82. The molecule has 7 heteroatoms. The number of fused-ring (bicyclic) bond motifs is 1. The molecule has 0 saturated heterocycles. The maximum atomic E-state index is 12.1. The van der Waals surface area contributed by atoms with Crippen LogP contribution in [-0.2, 0) is 6.54 Å². The SMILES string of the molecule is O=C(CCl)c1c(O)[n+]2ccccc2n1Cc1ccc(Cl)nc1. The Morgan fingerprint density at radius 2 is 2.14 bits per heavy atom. The fourth-order valence-electron chi connectivity index (χ4n) is 2.36. The van der Waals surface area contributed by atoms with Crippen LogP contribution in [0.5, 0.6) is 5.88 Å². The first-order valence-corrected chi connectivity index (χ1v) is 7.44. The molecule has 0 unspecified atom stereocenters. The molecule has 0 radical (unpaired) electrons. The Morgan fingerprint density at radius 3 is 2.82 bits per heavy atom. The highest BCUT2D eigenvalue weighted by Gasteiger charge is 2.30. The Labute approximate surface area is 136 Å². The van der Waals surface area contributed by atoms with Gasteiger partial charge >= 0.3 is 5.88 Å². The van der Waals surface area contributed by atoms with Crippen molar-refractivity contribution in [1.82, 2.24) is 9.55 Å². The molecular formula is C15H12Cl2N3O2+. The highest BCUT2D eigenvalue weighted by Crippen LogP contribution is 2.20. The molecule has 3 aromatic rings. The molecular weight excluding hydrogens is 325 g/mol. The van der Waals surface area contributed by atoms with Crippen LogP contribution in [0.25, 0.3) is 5.65 Å². The van der Waals surface area contributed by atoms with Gasteiger partial charge in [-0.3, -0.25) is 4.79 Å². The van der Waals surface area contributed by atoms with Crippen LogP contribution in [0.3, 0.4) is 0 Å². The van der Waals surface area contributed by atoms with Gasteiger partial charge < -0.3 is 5.11 Å². The van der Waals surface area contributed by atoms with Crippen molar-refractivity contribution in [1.29, 1.82) is 0 Å². The predicted octanol–water partition coefficient (Wildman–Crippen LogP) is 2.45. The summed E-state index contributed by atoms with van der Waals surface area (Å²) < 4.78 is 3.26. The number of aromatic nitrogens is 3. The molecule has 5 nitrogen and oxygen atoms in total. The van der Waals surface area contributed by atoms with Crippen molar-refractivity contribution >= 4 is 34.6 Å². The second kappa shape index (κ2) is 5.94. The Kier molecular flexibility index (Phi) is 4.00. The molecule has 0 spiro atoms. The first kappa shape index (κ1) is 14.8. The van der Waals surface area contributed by atoms with Crippen LogP contribution in [-0.4, -0.2) is 26.3 Å². The fraction of sp³-hybridized carbons (Fsp3) is 0.133. The lowest BCUT2D eigenvalue weighted by Gasteiger charge is -2.01. The lowest BCUT2D eigenvalue weighted by Crippen LogP contribution is -2.19. The Bertz CT molecular complexity index is 844. The van der Waals surface area contributed by atoms with Gasteiger partial charge in [-0.2, -0.15) is 4.40 Å². The van der Waals surface area contributed by atoms with E-state index in [1.54, 1.807) is 33.5 Å². The lowest BCUT2D eigenvalue weighted by atomic mass is 10.2. The summed E-state index contributed by atoms with van der Waals surface area (Å²) in [7, 11) is 0. The number of carbonyl (C=O) groups is 1. The summed E-state index contributed by atoms with van der Waals surface area (Å²) in [5.41, 5.74) is 1.72. The topological polar surface area (TPSA) is 59.2 Å². The third-order valence-electron chi connectivity index (χ3n) is 3.34. The van der Waals surface area contributed by atoms with E-state index in [4.69, 9.17) is 23.2 Å². The number of carbonyl (C=O) groups excluding carboxylic acids is 1. The van der Waals surface area contributed by atoms with Crippen LogP contribution in [0.15, 0.2) is 42.7 Å². The van der Waals surface area contributed by atoms with E-state index in [2.05, 4.69) is 4.98 Å². The van der Waals surface area contributed by atoms with E-state index in [0.29, 0.717) is 17.3 Å². The minimum atomic E-state index is -0.343. The highest BCUT2D eigenvalue weighted by molar-refractivity contribution is 6.30. The second-order valence-corrected chi connectivity index (χ2v) is 5.39.